The summed E-state index contributed by atoms with van der Waals surface area (Å²) >= 11 is 0. The Morgan fingerprint density at radius 1 is 1.57 bits per heavy atom. The fourth-order valence-corrected chi connectivity index (χ4v) is 1.15. The molecule has 0 spiro atoms. The predicted octanol–water partition coefficient (Wildman–Crippen LogP) is 1.57. The van der Waals surface area contributed by atoms with Crippen LogP contribution in [-0.4, -0.2) is 10.9 Å². The number of nitrogens with zero attached hydrogens (tertiary/aromatic N) is 1. The van der Waals surface area contributed by atoms with Gasteiger partial charge in [0.2, 0.25) is 5.95 Å². The number of primary amides is 1. The van der Waals surface area contributed by atoms with Gasteiger partial charge in [-0.15, -0.1) is 0 Å². The van der Waals surface area contributed by atoms with Crippen molar-refractivity contribution in [1.29, 1.82) is 0 Å². The molecule has 1 aromatic rings. The van der Waals surface area contributed by atoms with Gasteiger partial charge in [0.25, 0.3) is 12.3 Å². The molecule has 0 aliphatic rings. The number of aromatic nitrogens is 1. The molecule has 1 aromatic heterocycles. The molecule has 0 aliphatic heterocycles. The summed E-state index contributed by atoms with van der Waals surface area (Å²) in [5, 5.41) is 0. The fourth-order valence-electron chi connectivity index (χ4n) is 1.15. The number of pyridine rings is 1. The van der Waals surface area contributed by atoms with E-state index in [1.807, 2.05) is 0 Å². The monoisotopic (exact) mass is 204 g/mol. The van der Waals surface area contributed by atoms with Crippen LogP contribution in [0.4, 0.5) is 13.2 Å². The van der Waals surface area contributed by atoms with Gasteiger partial charge in [0.1, 0.15) is 0 Å². The van der Waals surface area contributed by atoms with Crippen LogP contribution in [0, 0.1) is 12.9 Å². The number of hydrogen-bond donors (Lipinski definition) is 1. The Morgan fingerprint density at radius 2 is 2.14 bits per heavy atom. The van der Waals surface area contributed by atoms with Crippen LogP contribution >= 0.6 is 0 Å². The van der Waals surface area contributed by atoms with Crippen LogP contribution in [0.15, 0.2) is 6.07 Å². The lowest BCUT2D eigenvalue weighted by Crippen LogP contribution is -2.17. The van der Waals surface area contributed by atoms with Crippen molar-refractivity contribution in [3.05, 3.63) is 28.8 Å². The largest absolute Gasteiger partial charge is 0.366 e. The average molecular weight is 204 g/mol. The summed E-state index contributed by atoms with van der Waals surface area (Å²) in [4.78, 5) is 14.0. The van der Waals surface area contributed by atoms with Gasteiger partial charge in [-0.3, -0.25) is 4.79 Å². The van der Waals surface area contributed by atoms with Crippen molar-refractivity contribution in [2.75, 3.05) is 0 Å². The summed E-state index contributed by atoms with van der Waals surface area (Å²) < 4.78 is 37.3. The van der Waals surface area contributed by atoms with Gasteiger partial charge < -0.3 is 5.73 Å². The van der Waals surface area contributed by atoms with Gasteiger partial charge in [-0.2, -0.15) is 4.39 Å². The minimum Gasteiger partial charge on any atom is -0.366 e. The number of nitrogens with two attached hydrogens (primary N) is 1. The van der Waals surface area contributed by atoms with E-state index in [9.17, 15) is 18.0 Å². The standard InChI is InChI=1S/C8H7F3N2O/c1-3-6(8(12)14)4(7(10)11)2-5(9)13-3/h2,7H,1H3,(H2,12,14). The van der Waals surface area contributed by atoms with Crippen molar-refractivity contribution in [1.82, 2.24) is 4.98 Å². The zero-order chi connectivity index (χ0) is 10.9. The second-order valence-electron chi connectivity index (χ2n) is 2.66. The predicted molar refractivity (Wildman–Crippen MR) is 42.4 cm³/mol. The first-order chi connectivity index (χ1) is 6.43. The number of hydrogen-bond acceptors (Lipinski definition) is 2. The molecule has 3 nitrogen and oxygen atoms in total. The summed E-state index contributed by atoms with van der Waals surface area (Å²) in [7, 11) is 0. The molecule has 0 bridgehead atoms. The summed E-state index contributed by atoms with van der Waals surface area (Å²) in [5.74, 6) is -2.09. The highest BCUT2D eigenvalue weighted by Gasteiger charge is 2.20. The van der Waals surface area contributed by atoms with Gasteiger partial charge in [-0.1, -0.05) is 0 Å². The molecule has 1 heterocycles. The number of carbonyl (C=O) groups is 1. The van der Waals surface area contributed by atoms with Crippen LogP contribution in [0.5, 0.6) is 0 Å². The summed E-state index contributed by atoms with van der Waals surface area (Å²) in [6, 6.07) is 0.512. The molecule has 2 N–H and O–H groups in total. The second-order valence-corrected chi connectivity index (χ2v) is 2.66. The number of alkyl halides is 2. The number of carbonyl (C=O) groups excluding carboxylic acids is 1. The molecule has 1 rings (SSSR count). The third-order valence-electron chi connectivity index (χ3n) is 1.68. The molecule has 76 valence electrons. The van der Waals surface area contributed by atoms with E-state index in [1.54, 1.807) is 0 Å². The maximum atomic E-state index is 12.6. The third kappa shape index (κ3) is 1.84. The number of aryl methyl sites for hydroxylation is 1. The van der Waals surface area contributed by atoms with Crippen molar-refractivity contribution < 1.29 is 18.0 Å². The molecule has 0 radical (unpaired) electrons. The Kier molecular flexibility index (Phi) is 2.73. The van der Waals surface area contributed by atoms with E-state index >= 15 is 0 Å². The van der Waals surface area contributed by atoms with Crippen LogP contribution < -0.4 is 5.73 Å². The molecule has 0 saturated heterocycles. The van der Waals surface area contributed by atoms with Crippen LogP contribution in [0.1, 0.15) is 28.0 Å². The van der Waals surface area contributed by atoms with Crippen LogP contribution in [-0.2, 0) is 0 Å². The lowest BCUT2D eigenvalue weighted by Gasteiger charge is -2.07. The lowest BCUT2D eigenvalue weighted by molar-refractivity contribution is 0.0984. The molecule has 0 saturated carbocycles. The molecule has 6 heteroatoms. The Labute approximate surface area is 77.7 Å². The van der Waals surface area contributed by atoms with Crippen molar-refractivity contribution >= 4 is 5.91 Å². The van der Waals surface area contributed by atoms with E-state index in [1.165, 1.54) is 6.92 Å². The molecular formula is C8H7F3N2O. The first kappa shape index (κ1) is 10.5. The SMILES string of the molecule is Cc1nc(F)cc(C(F)F)c1C(N)=O. The molecule has 14 heavy (non-hydrogen) atoms. The molecule has 0 fully saturated rings. The van der Waals surface area contributed by atoms with Crippen LogP contribution in [0.25, 0.3) is 0 Å². The molecular weight excluding hydrogens is 197 g/mol. The maximum Gasteiger partial charge on any atom is 0.264 e. The molecule has 1 amide bonds. The highest BCUT2D eigenvalue weighted by molar-refractivity contribution is 5.95. The number of rotatable bonds is 2. The number of halogens is 3. The highest BCUT2D eigenvalue weighted by Crippen LogP contribution is 2.24. The van der Waals surface area contributed by atoms with Gasteiger partial charge in [0.15, 0.2) is 0 Å². The lowest BCUT2D eigenvalue weighted by atomic mass is 10.1. The number of amides is 1. The Morgan fingerprint density at radius 3 is 2.57 bits per heavy atom. The molecule has 0 atom stereocenters. The highest BCUT2D eigenvalue weighted by atomic mass is 19.3. The Balaban J connectivity index is 3.44. The minimum atomic E-state index is -2.95. The Bertz CT molecular complexity index is 379. The summed E-state index contributed by atoms with van der Waals surface area (Å²) in [5.41, 5.74) is 3.60. The maximum absolute atomic E-state index is 12.6. The zero-order valence-corrected chi connectivity index (χ0v) is 7.22. The molecule has 0 unspecified atom stereocenters. The third-order valence-corrected chi connectivity index (χ3v) is 1.68. The van der Waals surface area contributed by atoms with Crippen LogP contribution in [0.2, 0.25) is 0 Å². The zero-order valence-electron chi connectivity index (χ0n) is 7.22. The van der Waals surface area contributed by atoms with Crippen LogP contribution in [0.3, 0.4) is 0 Å². The summed E-state index contributed by atoms with van der Waals surface area (Å²) in [6.07, 6.45) is -2.95. The van der Waals surface area contributed by atoms with Crippen molar-refractivity contribution in [3.8, 4) is 0 Å². The first-order valence-electron chi connectivity index (χ1n) is 3.68. The fraction of sp³-hybridized carbons (Fsp3) is 0.250. The minimum absolute atomic E-state index is 0.132. The topological polar surface area (TPSA) is 56.0 Å². The van der Waals surface area contributed by atoms with Crippen molar-refractivity contribution in [2.24, 2.45) is 5.73 Å². The average Bonchev–Trinajstić information content (AvgIpc) is 2.01. The van der Waals surface area contributed by atoms with Gasteiger partial charge in [-0.25, -0.2) is 13.8 Å². The van der Waals surface area contributed by atoms with E-state index in [0.717, 1.165) is 0 Å². The van der Waals surface area contributed by atoms with E-state index in [0.29, 0.717) is 6.07 Å². The van der Waals surface area contributed by atoms with Gasteiger partial charge in [0.05, 0.1) is 11.3 Å². The normalized spacial score (nSPS) is 10.6. The van der Waals surface area contributed by atoms with E-state index in [2.05, 4.69) is 4.98 Å². The van der Waals surface area contributed by atoms with Gasteiger partial charge in [0, 0.05) is 11.6 Å². The van der Waals surface area contributed by atoms with E-state index in [-0.39, 0.29) is 5.69 Å². The first-order valence-corrected chi connectivity index (χ1v) is 3.68. The Hall–Kier alpha value is -1.59. The van der Waals surface area contributed by atoms with Crippen molar-refractivity contribution in [3.63, 3.8) is 0 Å². The van der Waals surface area contributed by atoms with E-state index in [4.69, 9.17) is 5.73 Å². The molecule has 0 aliphatic carbocycles. The van der Waals surface area contributed by atoms with E-state index < -0.39 is 29.4 Å². The second kappa shape index (κ2) is 3.65. The van der Waals surface area contributed by atoms with Gasteiger partial charge in [-0.05, 0) is 6.92 Å². The quantitative estimate of drug-likeness (QED) is 0.743. The summed E-state index contributed by atoms with van der Waals surface area (Å²) in [6.45, 7) is 1.25. The van der Waals surface area contributed by atoms with Crippen molar-refractivity contribution in [2.45, 2.75) is 13.3 Å². The molecule has 0 aromatic carbocycles. The van der Waals surface area contributed by atoms with Gasteiger partial charge >= 0.3 is 0 Å². The smallest absolute Gasteiger partial charge is 0.264 e.